The maximum atomic E-state index is 2.43. The Morgan fingerprint density at radius 2 is 2.00 bits per heavy atom. The third-order valence-corrected chi connectivity index (χ3v) is 5.20. The van der Waals surface area contributed by atoms with E-state index in [0.717, 1.165) is 3.97 Å². The molecule has 0 N–H and O–H groups in total. The van der Waals surface area contributed by atoms with Gasteiger partial charge in [0, 0.05) is 0 Å². The fourth-order valence-electron chi connectivity index (χ4n) is 0.920. The first kappa shape index (κ1) is 9.79. The molecule has 0 aromatic heterocycles. The van der Waals surface area contributed by atoms with Crippen molar-refractivity contribution in [3.05, 3.63) is 0 Å². The SMILES string of the molecule is CCCCC(CC)[Te]C. The molecule has 0 nitrogen and oxygen atoms in total. The molecule has 0 aromatic rings. The van der Waals surface area contributed by atoms with Crippen LogP contribution >= 0.6 is 0 Å². The van der Waals surface area contributed by atoms with Gasteiger partial charge in [0.15, 0.2) is 0 Å². The summed E-state index contributed by atoms with van der Waals surface area (Å²) in [6, 6.07) is 0. The molecule has 0 aromatic carbocycles. The topological polar surface area (TPSA) is 0 Å². The first-order chi connectivity index (χ1) is 4.35. The van der Waals surface area contributed by atoms with Gasteiger partial charge in [-0.2, -0.15) is 0 Å². The molecule has 0 heterocycles. The molecule has 0 aliphatic heterocycles. The average molecular weight is 242 g/mol. The van der Waals surface area contributed by atoms with Crippen molar-refractivity contribution in [1.29, 1.82) is 0 Å². The molecule has 0 spiro atoms. The normalized spacial score (nSPS) is 13.7. The second-order valence-corrected chi connectivity index (χ2v) is 5.66. The summed E-state index contributed by atoms with van der Waals surface area (Å²) in [5.41, 5.74) is 0. The van der Waals surface area contributed by atoms with Gasteiger partial charge in [0.05, 0.1) is 0 Å². The van der Waals surface area contributed by atoms with Gasteiger partial charge in [0.1, 0.15) is 0 Å². The van der Waals surface area contributed by atoms with Crippen molar-refractivity contribution in [2.45, 2.75) is 48.5 Å². The van der Waals surface area contributed by atoms with E-state index in [1.165, 1.54) is 25.7 Å². The van der Waals surface area contributed by atoms with Crippen LogP contribution < -0.4 is 0 Å². The van der Waals surface area contributed by atoms with Crippen molar-refractivity contribution in [3.63, 3.8) is 0 Å². The second-order valence-electron chi connectivity index (χ2n) is 2.41. The van der Waals surface area contributed by atoms with Gasteiger partial charge in [0.25, 0.3) is 0 Å². The van der Waals surface area contributed by atoms with Crippen molar-refractivity contribution in [1.82, 2.24) is 0 Å². The van der Waals surface area contributed by atoms with Gasteiger partial charge in [-0.15, -0.1) is 0 Å². The Hall–Kier alpha value is 0.790. The van der Waals surface area contributed by atoms with Gasteiger partial charge < -0.3 is 0 Å². The van der Waals surface area contributed by atoms with Crippen molar-refractivity contribution in [2.75, 3.05) is 0 Å². The Morgan fingerprint density at radius 3 is 2.33 bits per heavy atom. The van der Waals surface area contributed by atoms with Crippen molar-refractivity contribution in [3.8, 4) is 0 Å². The molecule has 0 aliphatic rings. The van der Waals surface area contributed by atoms with Gasteiger partial charge in [-0.05, 0) is 0 Å². The van der Waals surface area contributed by atoms with Crippen molar-refractivity contribution in [2.24, 2.45) is 0 Å². The first-order valence-corrected chi connectivity index (χ1v) is 7.55. The summed E-state index contributed by atoms with van der Waals surface area (Å²) in [5, 5.41) is 0. The zero-order valence-electron chi connectivity index (χ0n) is 6.81. The summed E-state index contributed by atoms with van der Waals surface area (Å²) in [5.74, 6) is 0. The van der Waals surface area contributed by atoms with Gasteiger partial charge in [0.2, 0.25) is 0 Å². The molecule has 0 radical (unpaired) electrons. The molecule has 0 bridgehead atoms. The maximum absolute atomic E-state index is 2.43. The zero-order chi connectivity index (χ0) is 7.11. The van der Waals surface area contributed by atoms with Gasteiger partial charge in [-0.25, -0.2) is 0 Å². The Morgan fingerprint density at radius 1 is 1.33 bits per heavy atom. The Bertz CT molecular complexity index is 48.5. The van der Waals surface area contributed by atoms with Crippen molar-refractivity contribution < 1.29 is 0 Å². The van der Waals surface area contributed by atoms with Crippen LogP contribution in [0.3, 0.4) is 0 Å². The molecule has 0 saturated heterocycles. The molecule has 1 heteroatoms. The fourth-order valence-corrected chi connectivity index (χ4v) is 3.02. The summed E-state index contributed by atoms with van der Waals surface area (Å²) >= 11 is 0.376. The van der Waals surface area contributed by atoms with E-state index in [9.17, 15) is 0 Å². The van der Waals surface area contributed by atoms with E-state index in [4.69, 9.17) is 0 Å². The van der Waals surface area contributed by atoms with Crippen LogP contribution in [0.25, 0.3) is 0 Å². The van der Waals surface area contributed by atoms with Gasteiger partial charge in [-0.1, -0.05) is 0 Å². The molecule has 0 saturated carbocycles. The summed E-state index contributed by atoms with van der Waals surface area (Å²) in [6.45, 7) is 4.61. The van der Waals surface area contributed by atoms with E-state index in [2.05, 4.69) is 18.8 Å². The molecule has 1 unspecified atom stereocenters. The standard InChI is InChI=1S/C8H18Te/c1-4-6-7-8(5-2)9-3/h8H,4-7H2,1-3H3. The number of unbranched alkanes of at least 4 members (excludes halogenated alkanes) is 1. The van der Waals surface area contributed by atoms with Crippen molar-refractivity contribution >= 4 is 20.9 Å². The van der Waals surface area contributed by atoms with E-state index < -0.39 is 0 Å². The number of rotatable bonds is 5. The molecule has 0 rings (SSSR count). The molecule has 1 atom stereocenters. The monoisotopic (exact) mass is 244 g/mol. The van der Waals surface area contributed by atoms with Gasteiger partial charge >= 0.3 is 69.4 Å². The van der Waals surface area contributed by atoms with Crippen LogP contribution in [0.4, 0.5) is 0 Å². The van der Waals surface area contributed by atoms with E-state index in [0.29, 0.717) is 20.9 Å². The summed E-state index contributed by atoms with van der Waals surface area (Å²) in [6.07, 6.45) is 5.77. The Kier molecular flexibility index (Phi) is 7.51. The van der Waals surface area contributed by atoms with E-state index >= 15 is 0 Å². The molecule has 0 aliphatic carbocycles. The minimum absolute atomic E-state index is 0.376. The molecule has 56 valence electrons. The minimum atomic E-state index is 0.376. The van der Waals surface area contributed by atoms with Gasteiger partial charge in [-0.3, -0.25) is 0 Å². The van der Waals surface area contributed by atoms with Crippen LogP contribution in [0.1, 0.15) is 39.5 Å². The molecule has 9 heavy (non-hydrogen) atoms. The van der Waals surface area contributed by atoms with Crippen LogP contribution in [-0.2, 0) is 0 Å². The molecular weight excluding hydrogens is 224 g/mol. The number of hydrogen-bond acceptors (Lipinski definition) is 0. The second kappa shape index (κ2) is 6.90. The molecule has 0 amide bonds. The molecule has 0 fully saturated rings. The molecular formula is C8H18Te. The van der Waals surface area contributed by atoms with Crippen LogP contribution in [-0.4, -0.2) is 20.9 Å². The van der Waals surface area contributed by atoms with E-state index in [1.807, 2.05) is 0 Å². The third kappa shape index (κ3) is 5.24. The zero-order valence-corrected chi connectivity index (χ0v) is 9.14. The van der Waals surface area contributed by atoms with E-state index in [-0.39, 0.29) is 0 Å². The average Bonchev–Trinajstić information content (AvgIpc) is 1.91. The van der Waals surface area contributed by atoms with Crippen LogP contribution in [0.2, 0.25) is 8.94 Å². The predicted molar refractivity (Wildman–Crippen MR) is 45.2 cm³/mol. The Balaban J connectivity index is 3.09. The fraction of sp³-hybridized carbons (Fsp3) is 1.00. The summed E-state index contributed by atoms with van der Waals surface area (Å²) in [4.78, 5) is 2.43. The van der Waals surface area contributed by atoms with Crippen LogP contribution in [0, 0.1) is 0 Å². The Labute approximate surface area is 69.5 Å². The quantitative estimate of drug-likeness (QED) is 0.649. The van der Waals surface area contributed by atoms with E-state index in [1.54, 1.807) is 0 Å². The summed E-state index contributed by atoms with van der Waals surface area (Å²) in [7, 11) is 0. The van der Waals surface area contributed by atoms with Crippen LogP contribution in [0.15, 0.2) is 0 Å². The first-order valence-electron chi connectivity index (χ1n) is 3.87. The number of hydrogen-bond donors (Lipinski definition) is 0. The predicted octanol–water partition coefficient (Wildman–Crippen LogP) is 3.13. The summed E-state index contributed by atoms with van der Waals surface area (Å²) < 4.78 is 1.13. The van der Waals surface area contributed by atoms with Crippen LogP contribution in [0.5, 0.6) is 0 Å². The third-order valence-electron chi connectivity index (χ3n) is 1.67.